The summed E-state index contributed by atoms with van der Waals surface area (Å²) in [5.41, 5.74) is 1.68. The zero-order valence-corrected chi connectivity index (χ0v) is 9.16. The molecule has 0 atom stereocenters. The van der Waals surface area contributed by atoms with Crippen LogP contribution in [-0.2, 0) is 0 Å². The van der Waals surface area contributed by atoms with Crippen molar-refractivity contribution in [1.82, 2.24) is 9.97 Å². The summed E-state index contributed by atoms with van der Waals surface area (Å²) in [5.74, 6) is -1.08. The Morgan fingerprint density at radius 3 is 2.33 bits per heavy atom. The van der Waals surface area contributed by atoms with Crippen molar-refractivity contribution >= 4 is 28.0 Å². The molecule has 3 rings (SSSR count). The molecule has 0 bridgehead atoms. The number of aromatic carboxylic acids is 1. The Labute approximate surface area is 101 Å². The second kappa shape index (κ2) is 3.66. The molecule has 5 nitrogen and oxygen atoms in total. The summed E-state index contributed by atoms with van der Waals surface area (Å²) in [4.78, 5) is 19.6. The number of rotatable bonds is 1. The lowest BCUT2D eigenvalue weighted by Crippen LogP contribution is -2.00. The smallest absolute Gasteiger partial charge is 0.337 e. The van der Waals surface area contributed by atoms with Gasteiger partial charge in [-0.1, -0.05) is 12.1 Å². The second-order valence-electron chi connectivity index (χ2n) is 3.85. The largest absolute Gasteiger partial charge is 0.506 e. The van der Waals surface area contributed by atoms with Crippen LogP contribution in [0.3, 0.4) is 0 Å². The van der Waals surface area contributed by atoms with Gasteiger partial charge in [0, 0.05) is 0 Å². The van der Waals surface area contributed by atoms with E-state index >= 15 is 0 Å². The van der Waals surface area contributed by atoms with Crippen LogP contribution < -0.4 is 0 Å². The van der Waals surface area contributed by atoms with Crippen LogP contribution in [0.1, 0.15) is 10.4 Å². The summed E-state index contributed by atoms with van der Waals surface area (Å²) < 4.78 is 0. The Balaban J connectivity index is 2.50. The van der Waals surface area contributed by atoms with Crippen molar-refractivity contribution < 1.29 is 15.0 Å². The normalized spacial score (nSPS) is 10.9. The molecule has 3 aromatic rings. The second-order valence-corrected chi connectivity index (χ2v) is 3.85. The number of phenolic OH excluding ortho intramolecular Hbond substituents is 1. The number of fused-ring (bicyclic) bond motifs is 2. The average Bonchev–Trinajstić information content (AvgIpc) is 2.36. The van der Waals surface area contributed by atoms with Crippen molar-refractivity contribution in [3.8, 4) is 5.75 Å². The summed E-state index contributed by atoms with van der Waals surface area (Å²) in [7, 11) is 0. The molecule has 1 aromatic heterocycles. The van der Waals surface area contributed by atoms with Crippen molar-refractivity contribution in [1.29, 1.82) is 0 Å². The lowest BCUT2D eigenvalue weighted by atomic mass is 10.1. The monoisotopic (exact) mass is 240 g/mol. The van der Waals surface area contributed by atoms with Crippen LogP contribution >= 0.6 is 0 Å². The first-order valence-electron chi connectivity index (χ1n) is 5.28. The van der Waals surface area contributed by atoms with Crippen LogP contribution in [-0.4, -0.2) is 26.2 Å². The first-order valence-corrected chi connectivity index (χ1v) is 5.28. The fourth-order valence-electron chi connectivity index (χ4n) is 1.88. The van der Waals surface area contributed by atoms with Gasteiger partial charge in [-0.15, -0.1) is 0 Å². The van der Waals surface area contributed by atoms with Crippen molar-refractivity contribution in [3.63, 3.8) is 0 Å². The SMILES string of the molecule is O=C(O)c1cccc2nc3cccc(O)c3nc12. The number of carboxylic acids is 1. The quantitative estimate of drug-likeness (QED) is 0.637. The molecule has 0 saturated heterocycles. The van der Waals surface area contributed by atoms with Gasteiger partial charge in [-0.25, -0.2) is 14.8 Å². The summed E-state index contributed by atoms with van der Waals surface area (Å²) >= 11 is 0. The van der Waals surface area contributed by atoms with Crippen molar-refractivity contribution in [2.75, 3.05) is 0 Å². The average molecular weight is 240 g/mol. The van der Waals surface area contributed by atoms with Crippen LogP contribution in [0.5, 0.6) is 5.75 Å². The van der Waals surface area contributed by atoms with Gasteiger partial charge in [-0.3, -0.25) is 0 Å². The Morgan fingerprint density at radius 2 is 1.61 bits per heavy atom. The van der Waals surface area contributed by atoms with E-state index in [0.29, 0.717) is 16.6 Å². The number of aromatic nitrogens is 2. The van der Waals surface area contributed by atoms with Gasteiger partial charge in [0.1, 0.15) is 16.8 Å². The van der Waals surface area contributed by atoms with E-state index in [1.807, 2.05) is 0 Å². The molecule has 88 valence electrons. The van der Waals surface area contributed by atoms with Gasteiger partial charge in [0.05, 0.1) is 16.6 Å². The summed E-state index contributed by atoms with van der Waals surface area (Å²) in [6, 6.07) is 9.65. The third-order valence-electron chi connectivity index (χ3n) is 2.70. The first kappa shape index (κ1) is 10.5. The summed E-state index contributed by atoms with van der Waals surface area (Å²) in [5, 5.41) is 18.8. The van der Waals surface area contributed by atoms with Crippen LogP contribution in [0.4, 0.5) is 0 Å². The van der Waals surface area contributed by atoms with E-state index in [4.69, 9.17) is 5.11 Å². The number of carbonyl (C=O) groups is 1. The molecule has 0 aliphatic carbocycles. The minimum atomic E-state index is -1.07. The topological polar surface area (TPSA) is 83.3 Å². The minimum Gasteiger partial charge on any atom is -0.506 e. The van der Waals surface area contributed by atoms with E-state index in [2.05, 4.69) is 9.97 Å². The standard InChI is InChI=1S/C13H8N2O3/c16-10-6-2-5-9-12(10)15-11-7(13(17)18)3-1-4-8(11)14-9/h1-6,16H,(H,17,18). The fourth-order valence-corrected chi connectivity index (χ4v) is 1.88. The Kier molecular flexibility index (Phi) is 2.13. The molecule has 0 fully saturated rings. The molecule has 0 amide bonds. The van der Waals surface area contributed by atoms with Crippen LogP contribution in [0.2, 0.25) is 0 Å². The van der Waals surface area contributed by atoms with Crippen molar-refractivity contribution in [3.05, 3.63) is 42.0 Å². The van der Waals surface area contributed by atoms with Crippen molar-refractivity contribution in [2.24, 2.45) is 0 Å². The third-order valence-corrected chi connectivity index (χ3v) is 2.70. The minimum absolute atomic E-state index is 0.0120. The molecule has 0 unspecified atom stereocenters. The van der Waals surface area contributed by atoms with Gasteiger partial charge >= 0.3 is 5.97 Å². The zero-order chi connectivity index (χ0) is 12.7. The van der Waals surface area contributed by atoms with E-state index in [1.54, 1.807) is 24.3 Å². The molecule has 1 heterocycles. The molecule has 0 aliphatic heterocycles. The molecule has 0 saturated carbocycles. The van der Waals surface area contributed by atoms with Crippen LogP contribution in [0, 0.1) is 0 Å². The van der Waals surface area contributed by atoms with E-state index in [9.17, 15) is 9.90 Å². The maximum Gasteiger partial charge on any atom is 0.337 e. The molecule has 18 heavy (non-hydrogen) atoms. The Hall–Kier alpha value is -2.69. The van der Waals surface area contributed by atoms with E-state index < -0.39 is 5.97 Å². The number of carboxylic acid groups (broad SMARTS) is 1. The van der Waals surface area contributed by atoms with Crippen molar-refractivity contribution in [2.45, 2.75) is 0 Å². The fraction of sp³-hybridized carbons (Fsp3) is 0. The highest BCUT2D eigenvalue weighted by Crippen LogP contribution is 2.24. The number of para-hydroxylation sites is 2. The first-order chi connectivity index (χ1) is 8.66. The number of hydrogen-bond acceptors (Lipinski definition) is 4. The molecule has 5 heteroatoms. The molecule has 0 radical (unpaired) electrons. The molecular formula is C13H8N2O3. The number of benzene rings is 2. The number of nitrogens with zero attached hydrogens (tertiary/aromatic N) is 2. The van der Waals surface area contributed by atoms with Gasteiger partial charge in [-0.05, 0) is 24.3 Å². The van der Waals surface area contributed by atoms with Crippen LogP contribution in [0.25, 0.3) is 22.1 Å². The lowest BCUT2D eigenvalue weighted by Gasteiger charge is -2.04. The van der Waals surface area contributed by atoms with Gasteiger partial charge in [0.25, 0.3) is 0 Å². The highest BCUT2D eigenvalue weighted by molar-refractivity contribution is 6.03. The van der Waals surface area contributed by atoms with E-state index in [0.717, 1.165) is 0 Å². The predicted molar refractivity (Wildman–Crippen MR) is 65.7 cm³/mol. The summed E-state index contributed by atoms with van der Waals surface area (Å²) in [6.45, 7) is 0. The molecule has 2 aromatic carbocycles. The predicted octanol–water partition coefficient (Wildman–Crippen LogP) is 2.19. The molecule has 0 spiro atoms. The maximum absolute atomic E-state index is 11.1. The van der Waals surface area contributed by atoms with E-state index in [-0.39, 0.29) is 16.8 Å². The number of phenols is 1. The lowest BCUT2D eigenvalue weighted by molar-refractivity contribution is 0.0699. The molecule has 0 aliphatic rings. The van der Waals surface area contributed by atoms with Gasteiger partial charge in [-0.2, -0.15) is 0 Å². The Morgan fingerprint density at radius 1 is 0.944 bits per heavy atom. The zero-order valence-electron chi connectivity index (χ0n) is 9.16. The number of aromatic hydroxyl groups is 1. The molecular weight excluding hydrogens is 232 g/mol. The summed E-state index contributed by atoms with van der Waals surface area (Å²) in [6.07, 6.45) is 0. The van der Waals surface area contributed by atoms with Gasteiger partial charge in [0.2, 0.25) is 0 Å². The maximum atomic E-state index is 11.1. The van der Waals surface area contributed by atoms with Gasteiger partial charge < -0.3 is 10.2 Å². The molecule has 2 N–H and O–H groups in total. The number of hydrogen-bond donors (Lipinski definition) is 2. The van der Waals surface area contributed by atoms with Crippen LogP contribution in [0.15, 0.2) is 36.4 Å². The Bertz CT molecular complexity index is 784. The highest BCUT2D eigenvalue weighted by atomic mass is 16.4. The van der Waals surface area contributed by atoms with Gasteiger partial charge in [0.15, 0.2) is 0 Å². The third kappa shape index (κ3) is 1.45. The van der Waals surface area contributed by atoms with E-state index in [1.165, 1.54) is 12.1 Å². The highest BCUT2D eigenvalue weighted by Gasteiger charge is 2.12.